The van der Waals surface area contributed by atoms with E-state index < -0.39 is 17.8 Å². The molecular formula is C10H16N2O4. The lowest BCUT2D eigenvalue weighted by Gasteiger charge is -2.08. The third kappa shape index (κ3) is 3.52. The zero-order chi connectivity index (χ0) is 12.3. The van der Waals surface area contributed by atoms with E-state index in [0.29, 0.717) is 6.42 Å². The molecule has 0 radical (unpaired) electrons. The van der Waals surface area contributed by atoms with E-state index in [1.807, 2.05) is 13.8 Å². The molecule has 2 unspecified atom stereocenters. The second-order valence-electron chi connectivity index (χ2n) is 4.23. The van der Waals surface area contributed by atoms with Gasteiger partial charge in [-0.3, -0.25) is 14.4 Å². The summed E-state index contributed by atoms with van der Waals surface area (Å²) in [6, 6.07) is 0.0251. The number of amides is 2. The van der Waals surface area contributed by atoms with Gasteiger partial charge in [-0.1, -0.05) is 0 Å². The molecule has 1 aliphatic rings. The maximum absolute atomic E-state index is 11.4. The first-order valence-electron chi connectivity index (χ1n) is 5.21. The first-order chi connectivity index (χ1) is 7.41. The first-order valence-corrected chi connectivity index (χ1v) is 5.21. The molecule has 6 nitrogen and oxygen atoms in total. The van der Waals surface area contributed by atoms with Crippen molar-refractivity contribution in [2.75, 3.05) is 6.54 Å². The molecule has 6 heteroatoms. The number of carboxylic acid groups (broad SMARTS) is 1. The predicted octanol–water partition coefficient (Wildman–Crippen LogP) is -0.652. The monoisotopic (exact) mass is 228 g/mol. The normalized spacial score (nSPS) is 22.7. The second kappa shape index (κ2) is 4.96. The third-order valence-corrected chi connectivity index (χ3v) is 2.32. The summed E-state index contributed by atoms with van der Waals surface area (Å²) in [6.07, 6.45) is 0.368. The van der Waals surface area contributed by atoms with Crippen molar-refractivity contribution in [1.29, 1.82) is 0 Å². The number of hydrogen-bond acceptors (Lipinski definition) is 3. The highest BCUT2D eigenvalue weighted by Crippen LogP contribution is 2.38. The molecule has 1 fully saturated rings. The van der Waals surface area contributed by atoms with Gasteiger partial charge in [-0.15, -0.1) is 0 Å². The van der Waals surface area contributed by atoms with E-state index in [0.717, 1.165) is 0 Å². The van der Waals surface area contributed by atoms with Crippen LogP contribution in [-0.4, -0.2) is 35.5 Å². The zero-order valence-electron chi connectivity index (χ0n) is 9.32. The van der Waals surface area contributed by atoms with Crippen molar-refractivity contribution in [2.24, 2.45) is 11.8 Å². The van der Waals surface area contributed by atoms with Gasteiger partial charge in [0.15, 0.2) is 0 Å². The molecule has 0 bridgehead atoms. The molecule has 1 saturated carbocycles. The van der Waals surface area contributed by atoms with Gasteiger partial charge < -0.3 is 15.7 Å². The number of carbonyl (C=O) groups excluding carboxylic acids is 2. The summed E-state index contributed by atoms with van der Waals surface area (Å²) in [4.78, 5) is 33.0. The van der Waals surface area contributed by atoms with Crippen molar-refractivity contribution in [3.63, 3.8) is 0 Å². The molecule has 0 aromatic rings. The Labute approximate surface area is 93.4 Å². The average Bonchev–Trinajstić information content (AvgIpc) is 2.92. The smallest absolute Gasteiger partial charge is 0.307 e. The summed E-state index contributed by atoms with van der Waals surface area (Å²) in [7, 11) is 0. The quantitative estimate of drug-likeness (QED) is 0.582. The average molecular weight is 228 g/mol. The van der Waals surface area contributed by atoms with E-state index in [9.17, 15) is 14.4 Å². The van der Waals surface area contributed by atoms with Crippen molar-refractivity contribution in [3.05, 3.63) is 0 Å². The summed E-state index contributed by atoms with van der Waals surface area (Å²) in [5.74, 6) is -2.62. The van der Waals surface area contributed by atoms with Gasteiger partial charge >= 0.3 is 5.97 Å². The highest BCUT2D eigenvalue weighted by Gasteiger charge is 2.48. The van der Waals surface area contributed by atoms with Gasteiger partial charge in [-0.05, 0) is 20.3 Å². The van der Waals surface area contributed by atoms with Gasteiger partial charge in [0.05, 0.1) is 18.4 Å². The van der Waals surface area contributed by atoms with Crippen molar-refractivity contribution in [1.82, 2.24) is 10.6 Å². The molecule has 1 aliphatic carbocycles. The van der Waals surface area contributed by atoms with Crippen LogP contribution in [-0.2, 0) is 14.4 Å². The molecule has 0 aromatic carbocycles. The fourth-order valence-corrected chi connectivity index (χ4v) is 1.43. The Morgan fingerprint density at radius 3 is 2.38 bits per heavy atom. The number of carbonyl (C=O) groups is 3. The number of rotatable bonds is 5. The van der Waals surface area contributed by atoms with E-state index in [4.69, 9.17) is 5.11 Å². The van der Waals surface area contributed by atoms with Crippen LogP contribution in [0.3, 0.4) is 0 Å². The summed E-state index contributed by atoms with van der Waals surface area (Å²) in [6.45, 7) is 3.54. The highest BCUT2D eigenvalue weighted by molar-refractivity contribution is 5.91. The summed E-state index contributed by atoms with van der Waals surface area (Å²) in [5, 5.41) is 13.7. The first kappa shape index (κ1) is 12.5. The van der Waals surface area contributed by atoms with Gasteiger partial charge in [-0.2, -0.15) is 0 Å². The van der Waals surface area contributed by atoms with Gasteiger partial charge in [0.2, 0.25) is 11.8 Å². The minimum atomic E-state index is -0.952. The fourth-order valence-electron chi connectivity index (χ4n) is 1.43. The van der Waals surface area contributed by atoms with Gasteiger partial charge in [0.25, 0.3) is 0 Å². The predicted molar refractivity (Wildman–Crippen MR) is 55.5 cm³/mol. The summed E-state index contributed by atoms with van der Waals surface area (Å²) in [5.41, 5.74) is 0. The lowest BCUT2D eigenvalue weighted by atomic mass is 10.3. The van der Waals surface area contributed by atoms with Crippen LogP contribution in [0.4, 0.5) is 0 Å². The van der Waals surface area contributed by atoms with Crippen molar-refractivity contribution < 1.29 is 19.5 Å². The minimum Gasteiger partial charge on any atom is -0.481 e. The van der Waals surface area contributed by atoms with E-state index >= 15 is 0 Å². The Bertz CT molecular complexity index is 314. The molecule has 0 spiro atoms. The van der Waals surface area contributed by atoms with Gasteiger partial charge in [0, 0.05) is 6.04 Å². The molecule has 2 atom stereocenters. The number of aliphatic carboxylic acids is 1. The molecule has 0 heterocycles. The molecule has 0 aromatic heterocycles. The maximum Gasteiger partial charge on any atom is 0.307 e. The van der Waals surface area contributed by atoms with Crippen LogP contribution in [0.15, 0.2) is 0 Å². The number of hydrogen-bond donors (Lipinski definition) is 3. The van der Waals surface area contributed by atoms with Gasteiger partial charge in [0.1, 0.15) is 0 Å². The van der Waals surface area contributed by atoms with Crippen LogP contribution in [0.5, 0.6) is 0 Å². The molecule has 90 valence electrons. The Morgan fingerprint density at radius 2 is 1.94 bits per heavy atom. The number of nitrogens with one attached hydrogen (secondary N) is 2. The highest BCUT2D eigenvalue weighted by atomic mass is 16.4. The largest absolute Gasteiger partial charge is 0.481 e. The minimum absolute atomic E-state index is 0.0251. The van der Waals surface area contributed by atoms with Crippen LogP contribution < -0.4 is 10.6 Å². The topological polar surface area (TPSA) is 95.5 Å². The second-order valence-corrected chi connectivity index (χ2v) is 4.23. The fraction of sp³-hybridized carbons (Fsp3) is 0.700. The Balaban J connectivity index is 2.22. The molecule has 16 heavy (non-hydrogen) atoms. The van der Waals surface area contributed by atoms with E-state index in [2.05, 4.69) is 10.6 Å². The molecular weight excluding hydrogens is 212 g/mol. The zero-order valence-corrected chi connectivity index (χ0v) is 9.32. The molecule has 3 N–H and O–H groups in total. The Morgan fingerprint density at radius 1 is 1.31 bits per heavy atom. The third-order valence-electron chi connectivity index (χ3n) is 2.32. The van der Waals surface area contributed by atoms with E-state index in [1.165, 1.54) is 0 Å². The lowest BCUT2D eigenvalue weighted by Crippen LogP contribution is -2.40. The van der Waals surface area contributed by atoms with Crippen molar-refractivity contribution in [2.45, 2.75) is 26.3 Å². The lowest BCUT2D eigenvalue weighted by molar-refractivity contribution is -0.140. The summed E-state index contributed by atoms with van der Waals surface area (Å²) >= 11 is 0. The van der Waals surface area contributed by atoms with Crippen LogP contribution in [0.25, 0.3) is 0 Å². The van der Waals surface area contributed by atoms with Crippen LogP contribution in [0.2, 0.25) is 0 Å². The van der Waals surface area contributed by atoms with Crippen molar-refractivity contribution in [3.8, 4) is 0 Å². The molecule has 0 saturated heterocycles. The van der Waals surface area contributed by atoms with Gasteiger partial charge in [-0.25, -0.2) is 0 Å². The standard InChI is InChI=1S/C10H16N2O4/c1-5(2)12-8(13)4-11-9(14)6-3-7(6)10(15)16/h5-7H,3-4H2,1-2H3,(H,11,14)(H,12,13)(H,15,16). The van der Waals surface area contributed by atoms with E-state index in [1.54, 1.807) is 0 Å². The molecule has 1 rings (SSSR count). The summed E-state index contributed by atoms with van der Waals surface area (Å²) < 4.78 is 0. The van der Waals surface area contributed by atoms with E-state index in [-0.39, 0.29) is 24.4 Å². The van der Waals surface area contributed by atoms with Crippen LogP contribution >= 0.6 is 0 Å². The molecule has 2 amide bonds. The Kier molecular flexibility index (Phi) is 3.87. The van der Waals surface area contributed by atoms with Crippen LogP contribution in [0, 0.1) is 11.8 Å². The Hall–Kier alpha value is -1.59. The maximum atomic E-state index is 11.4. The van der Waals surface area contributed by atoms with Crippen LogP contribution in [0.1, 0.15) is 20.3 Å². The molecule has 0 aliphatic heterocycles. The SMILES string of the molecule is CC(C)NC(=O)CNC(=O)C1CC1C(=O)O. The number of carboxylic acids is 1. The van der Waals surface area contributed by atoms with Crippen molar-refractivity contribution >= 4 is 17.8 Å².